The fraction of sp³-hybridized carbons (Fsp3) is 0.375. The molecule has 5 nitrogen and oxygen atoms in total. The van der Waals surface area contributed by atoms with Crippen molar-refractivity contribution in [2.45, 2.75) is 51.6 Å². The summed E-state index contributed by atoms with van der Waals surface area (Å²) in [6.45, 7) is 2.65. The number of fused-ring (bicyclic) bond motifs is 1. The van der Waals surface area contributed by atoms with Gasteiger partial charge >= 0.3 is 0 Å². The normalized spacial score (nSPS) is 14.7. The zero-order valence-electron chi connectivity index (χ0n) is 16.8. The van der Waals surface area contributed by atoms with Gasteiger partial charge in [-0.05, 0) is 36.8 Å². The second kappa shape index (κ2) is 8.60. The van der Waals surface area contributed by atoms with Crippen LogP contribution in [-0.2, 0) is 6.54 Å². The summed E-state index contributed by atoms with van der Waals surface area (Å²) in [5, 5.41) is 8.85. The number of rotatable bonds is 8. The van der Waals surface area contributed by atoms with Crippen molar-refractivity contribution < 1.29 is 4.79 Å². The van der Waals surface area contributed by atoms with Gasteiger partial charge in [0.2, 0.25) is 0 Å². The first kappa shape index (κ1) is 19.4. The third kappa shape index (κ3) is 4.24. The fourth-order valence-electron chi connectivity index (χ4n) is 3.84. The summed E-state index contributed by atoms with van der Waals surface area (Å²) in [6.07, 6.45) is 5.20. The quantitative estimate of drug-likeness (QED) is 0.578. The molecule has 1 heterocycles. The first-order chi connectivity index (χ1) is 14.2. The summed E-state index contributed by atoms with van der Waals surface area (Å²) in [4.78, 5) is 26.1. The molecule has 1 amide bonds. The molecule has 29 heavy (non-hydrogen) atoms. The van der Waals surface area contributed by atoms with Gasteiger partial charge in [0, 0.05) is 11.9 Å². The molecule has 0 bridgehead atoms. The molecule has 4 rings (SSSR count). The van der Waals surface area contributed by atoms with E-state index >= 15 is 0 Å². The standard InChI is InChI=1S/C24H27N3O2/c1-2-3-9-16-27-24(29)20-13-8-7-12-19(20)22(26-27)23(28)25-21(18-14-15-18)17-10-5-4-6-11-17/h4-8,10-13,18,21H,2-3,9,14-16H2,1H3,(H,25,28). The Hall–Kier alpha value is -2.95. The molecular weight excluding hydrogens is 362 g/mol. The first-order valence-corrected chi connectivity index (χ1v) is 10.5. The number of amides is 1. The highest BCUT2D eigenvalue weighted by atomic mass is 16.2. The topological polar surface area (TPSA) is 64.0 Å². The number of benzene rings is 2. The highest BCUT2D eigenvalue weighted by molar-refractivity contribution is 6.04. The Morgan fingerprint density at radius 1 is 1.07 bits per heavy atom. The zero-order valence-corrected chi connectivity index (χ0v) is 16.8. The van der Waals surface area contributed by atoms with Crippen LogP contribution in [0.25, 0.3) is 10.8 Å². The fourth-order valence-corrected chi connectivity index (χ4v) is 3.84. The van der Waals surface area contributed by atoms with E-state index in [2.05, 4.69) is 29.5 Å². The van der Waals surface area contributed by atoms with E-state index in [0.717, 1.165) is 37.7 Å². The van der Waals surface area contributed by atoms with Gasteiger partial charge in [0.25, 0.3) is 11.5 Å². The number of aryl methyl sites for hydroxylation is 1. The predicted octanol–water partition coefficient (Wildman–Crippen LogP) is 4.47. The molecule has 1 aliphatic rings. The number of unbranched alkanes of at least 4 members (excludes halogenated alkanes) is 2. The summed E-state index contributed by atoms with van der Waals surface area (Å²) in [5.74, 6) is 0.245. The van der Waals surface area contributed by atoms with Gasteiger partial charge in [-0.15, -0.1) is 0 Å². The van der Waals surface area contributed by atoms with Crippen molar-refractivity contribution in [2.75, 3.05) is 0 Å². The Kier molecular flexibility index (Phi) is 5.74. The van der Waals surface area contributed by atoms with Crippen molar-refractivity contribution in [2.24, 2.45) is 5.92 Å². The number of carbonyl (C=O) groups is 1. The predicted molar refractivity (Wildman–Crippen MR) is 115 cm³/mol. The molecule has 150 valence electrons. The zero-order chi connectivity index (χ0) is 20.2. The van der Waals surface area contributed by atoms with E-state index in [-0.39, 0.29) is 17.5 Å². The third-order valence-electron chi connectivity index (χ3n) is 5.59. The minimum atomic E-state index is -0.216. The summed E-state index contributed by atoms with van der Waals surface area (Å²) in [6, 6.07) is 17.3. The molecule has 0 spiro atoms. The molecular formula is C24H27N3O2. The number of hydrogen-bond acceptors (Lipinski definition) is 3. The highest BCUT2D eigenvalue weighted by Crippen LogP contribution is 2.41. The van der Waals surface area contributed by atoms with Crippen LogP contribution in [0.5, 0.6) is 0 Å². The van der Waals surface area contributed by atoms with E-state index in [1.807, 2.05) is 36.4 Å². The Morgan fingerprint density at radius 3 is 2.45 bits per heavy atom. The Bertz CT molecular complexity index is 1050. The number of hydrogen-bond donors (Lipinski definition) is 1. The molecule has 1 fully saturated rings. The molecule has 1 aliphatic carbocycles. The average molecular weight is 389 g/mol. The summed E-state index contributed by atoms with van der Waals surface area (Å²) >= 11 is 0. The van der Waals surface area contributed by atoms with Crippen molar-refractivity contribution in [1.29, 1.82) is 0 Å². The second-order valence-electron chi connectivity index (χ2n) is 7.83. The van der Waals surface area contributed by atoms with Crippen LogP contribution in [0.1, 0.15) is 61.1 Å². The maximum absolute atomic E-state index is 13.3. The van der Waals surface area contributed by atoms with Crippen molar-refractivity contribution in [3.05, 3.63) is 76.2 Å². The minimum Gasteiger partial charge on any atom is -0.344 e. The average Bonchev–Trinajstić information content (AvgIpc) is 3.59. The summed E-state index contributed by atoms with van der Waals surface area (Å²) in [7, 11) is 0. The maximum Gasteiger partial charge on any atom is 0.274 e. The first-order valence-electron chi connectivity index (χ1n) is 10.5. The van der Waals surface area contributed by atoms with E-state index in [1.165, 1.54) is 4.68 Å². The van der Waals surface area contributed by atoms with E-state index in [1.54, 1.807) is 6.07 Å². The lowest BCUT2D eigenvalue weighted by Crippen LogP contribution is -2.33. The maximum atomic E-state index is 13.3. The van der Waals surface area contributed by atoms with Crippen molar-refractivity contribution >= 4 is 16.7 Å². The van der Waals surface area contributed by atoms with Crippen LogP contribution in [0.4, 0.5) is 0 Å². The lowest BCUT2D eigenvalue weighted by Gasteiger charge is -2.19. The minimum absolute atomic E-state index is 0.0234. The van der Waals surface area contributed by atoms with Crippen LogP contribution < -0.4 is 10.9 Å². The Morgan fingerprint density at radius 2 is 1.76 bits per heavy atom. The molecule has 0 aliphatic heterocycles. The lowest BCUT2D eigenvalue weighted by atomic mass is 10.0. The number of carbonyl (C=O) groups excluding carboxylic acids is 1. The largest absolute Gasteiger partial charge is 0.344 e. The van der Waals surface area contributed by atoms with Gasteiger partial charge < -0.3 is 5.32 Å². The molecule has 1 saturated carbocycles. The van der Waals surface area contributed by atoms with Crippen LogP contribution in [0.15, 0.2) is 59.4 Å². The van der Waals surface area contributed by atoms with Crippen molar-refractivity contribution in [3.63, 3.8) is 0 Å². The van der Waals surface area contributed by atoms with Crippen LogP contribution in [0.2, 0.25) is 0 Å². The van der Waals surface area contributed by atoms with Gasteiger partial charge in [0.1, 0.15) is 0 Å². The van der Waals surface area contributed by atoms with Gasteiger partial charge in [-0.1, -0.05) is 68.3 Å². The van der Waals surface area contributed by atoms with Crippen LogP contribution in [0.3, 0.4) is 0 Å². The number of nitrogens with zero attached hydrogens (tertiary/aromatic N) is 2. The van der Waals surface area contributed by atoms with E-state index in [4.69, 9.17) is 0 Å². The van der Waals surface area contributed by atoms with Crippen molar-refractivity contribution in [3.8, 4) is 0 Å². The number of aromatic nitrogens is 2. The van der Waals surface area contributed by atoms with Crippen LogP contribution in [0, 0.1) is 5.92 Å². The van der Waals surface area contributed by atoms with Gasteiger partial charge in [-0.2, -0.15) is 5.10 Å². The molecule has 3 aromatic rings. The third-order valence-corrected chi connectivity index (χ3v) is 5.59. The molecule has 1 atom stereocenters. The molecule has 0 radical (unpaired) electrons. The van der Waals surface area contributed by atoms with E-state index in [0.29, 0.717) is 28.9 Å². The second-order valence-corrected chi connectivity index (χ2v) is 7.83. The van der Waals surface area contributed by atoms with Gasteiger partial charge in [-0.25, -0.2) is 4.68 Å². The smallest absolute Gasteiger partial charge is 0.274 e. The molecule has 1 aromatic heterocycles. The van der Waals surface area contributed by atoms with Crippen LogP contribution >= 0.6 is 0 Å². The van der Waals surface area contributed by atoms with Crippen LogP contribution in [-0.4, -0.2) is 15.7 Å². The Labute approximate surface area is 170 Å². The SMILES string of the molecule is CCCCCn1nc(C(=O)NC(c2ccccc2)C2CC2)c2ccccc2c1=O. The molecule has 0 saturated heterocycles. The summed E-state index contributed by atoms with van der Waals surface area (Å²) < 4.78 is 1.46. The van der Waals surface area contributed by atoms with Gasteiger partial charge in [0.05, 0.1) is 11.4 Å². The van der Waals surface area contributed by atoms with E-state index in [9.17, 15) is 9.59 Å². The monoisotopic (exact) mass is 389 g/mol. The molecule has 2 aromatic carbocycles. The lowest BCUT2D eigenvalue weighted by molar-refractivity contribution is 0.0926. The number of nitrogens with one attached hydrogen (secondary N) is 1. The van der Waals surface area contributed by atoms with E-state index < -0.39 is 0 Å². The molecule has 1 N–H and O–H groups in total. The molecule has 5 heteroatoms. The summed E-state index contributed by atoms with van der Waals surface area (Å²) in [5.41, 5.74) is 1.32. The molecule has 1 unspecified atom stereocenters. The van der Waals surface area contributed by atoms with Gasteiger partial charge in [0.15, 0.2) is 5.69 Å². The Balaban J connectivity index is 1.69. The van der Waals surface area contributed by atoms with Crippen molar-refractivity contribution in [1.82, 2.24) is 15.1 Å². The highest BCUT2D eigenvalue weighted by Gasteiger charge is 2.34. The van der Waals surface area contributed by atoms with Gasteiger partial charge in [-0.3, -0.25) is 9.59 Å².